The highest BCUT2D eigenvalue weighted by Crippen LogP contribution is 2.42. The fraction of sp³-hybridized carbons (Fsp3) is 0.484. The highest BCUT2D eigenvalue weighted by atomic mass is 16.5. The van der Waals surface area contributed by atoms with Gasteiger partial charge in [0.25, 0.3) is 11.7 Å². The Balaban J connectivity index is 1.53. The van der Waals surface area contributed by atoms with Gasteiger partial charge in [-0.05, 0) is 54.8 Å². The molecule has 0 aromatic heterocycles. The van der Waals surface area contributed by atoms with E-state index >= 15 is 0 Å². The largest absolute Gasteiger partial charge is 0.507 e. The second-order valence-corrected chi connectivity index (χ2v) is 10.7. The number of Topliss-reactive ketones (excluding diaryl/α,β-unsaturated/α-hetero) is 1. The molecule has 2 fully saturated rings. The zero-order valence-corrected chi connectivity index (χ0v) is 23.5. The van der Waals surface area contributed by atoms with Crippen molar-refractivity contribution < 1.29 is 38.5 Å². The van der Waals surface area contributed by atoms with Gasteiger partial charge in [-0.15, -0.1) is 0 Å². The second kappa shape index (κ2) is 12.3. The fourth-order valence-corrected chi connectivity index (χ4v) is 5.67. The minimum atomic E-state index is -0.762. The number of nitrogens with zero attached hydrogens (tertiary/aromatic N) is 1. The molecule has 40 heavy (non-hydrogen) atoms. The molecule has 2 aromatic rings. The highest BCUT2D eigenvalue weighted by molar-refractivity contribution is 6.46. The Bertz CT molecular complexity index is 1280. The summed E-state index contributed by atoms with van der Waals surface area (Å²) in [4.78, 5) is 29.9. The van der Waals surface area contributed by atoms with E-state index in [2.05, 4.69) is 6.92 Å². The SMILES string of the molecule is CCCCOc1ccc([C@@H]2C(=C(O)c3ccc4c(c3)C[C@@H](C)O4)C(=O)C(=O)N2CC[NH+]2CCOCC2)cc1OC. The van der Waals surface area contributed by atoms with Crippen molar-refractivity contribution in [3.63, 3.8) is 0 Å². The lowest BCUT2D eigenvalue weighted by molar-refractivity contribution is -0.907. The summed E-state index contributed by atoms with van der Waals surface area (Å²) in [6.07, 6.45) is 2.69. The van der Waals surface area contributed by atoms with Crippen molar-refractivity contribution in [1.29, 1.82) is 0 Å². The third-order valence-corrected chi connectivity index (χ3v) is 7.87. The van der Waals surface area contributed by atoms with E-state index < -0.39 is 17.7 Å². The average Bonchev–Trinajstić information content (AvgIpc) is 3.47. The van der Waals surface area contributed by atoms with Gasteiger partial charge in [0.05, 0.1) is 51.6 Å². The number of carbonyl (C=O) groups excluding carboxylic acids is 2. The van der Waals surface area contributed by atoms with Crippen LogP contribution in [-0.4, -0.2) is 80.9 Å². The second-order valence-electron chi connectivity index (χ2n) is 10.7. The number of amides is 1. The minimum absolute atomic E-state index is 0.0474. The van der Waals surface area contributed by atoms with E-state index in [1.54, 1.807) is 24.1 Å². The van der Waals surface area contributed by atoms with E-state index in [9.17, 15) is 14.7 Å². The molecule has 2 atom stereocenters. The van der Waals surface area contributed by atoms with Crippen molar-refractivity contribution in [2.24, 2.45) is 0 Å². The maximum Gasteiger partial charge on any atom is 0.295 e. The van der Waals surface area contributed by atoms with Crippen LogP contribution in [0.15, 0.2) is 42.0 Å². The number of methoxy groups -OCH3 is 1. The molecule has 214 valence electrons. The molecule has 3 aliphatic heterocycles. The van der Waals surface area contributed by atoms with Crippen molar-refractivity contribution >= 4 is 17.4 Å². The van der Waals surface area contributed by atoms with Crippen LogP contribution in [0.25, 0.3) is 5.76 Å². The fourth-order valence-electron chi connectivity index (χ4n) is 5.67. The zero-order valence-electron chi connectivity index (χ0n) is 23.5. The highest BCUT2D eigenvalue weighted by Gasteiger charge is 2.46. The molecular formula is C31H39N2O7+. The smallest absolute Gasteiger partial charge is 0.295 e. The number of morpholine rings is 1. The average molecular weight is 552 g/mol. The molecule has 2 N–H and O–H groups in total. The van der Waals surface area contributed by atoms with E-state index in [1.807, 2.05) is 31.2 Å². The number of nitrogens with one attached hydrogen (secondary N) is 1. The summed E-state index contributed by atoms with van der Waals surface area (Å²) in [5, 5.41) is 11.6. The number of ether oxygens (including phenoxy) is 4. The molecule has 0 unspecified atom stereocenters. The number of likely N-dealkylation sites (tertiary alicyclic amines) is 1. The molecule has 0 bridgehead atoms. The van der Waals surface area contributed by atoms with E-state index in [-0.39, 0.29) is 17.4 Å². The summed E-state index contributed by atoms with van der Waals surface area (Å²) >= 11 is 0. The summed E-state index contributed by atoms with van der Waals surface area (Å²) in [5.74, 6) is 0.405. The monoisotopic (exact) mass is 551 g/mol. The van der Waals surface area contributed by atoms with Crippen molar-refractivity contribution in [2.75, 3.05) is 53.1 Å². The maximum absolute atomic E-state index is 13.5. The molecule has 9 heteroatoms. The first-order chi connectivity index (χ1) is 19.4. The lowest BCUT2D eigenvalue weighted by Crippen LogP contribution is -3.14. The van der Waals surface area contributed by atoms with Gasteiger partial charge in [-0.1, -0.05) is 19.4 Å². The van der Waals surface area contributed by atoms with E-state index in [1.165, 1.54) is 4.90 Å². The first-order valence-electron chi connectivity index (χ1n) is 14.2. The van der Waals surface area contributed by atoms with Gasteiger partial charge in [-0.25, -0.2) is 0 Å². The molecule has 2 aromatic carbocycles. The number of carbonyl (C=O) groups is 2. The molecule has 9 nitrogen and oxygen atoms in total. The summed E-state index contributed by atoms with van der Waals surface area (Å²) in [6, 6.07) is 10.1. The molecule has 5 rings (SSSR count). The maximum atomic E-state index is 13.5. The molecule has 0 spiro atoms. The Morgan fingerprint density at radius 2 is 1.93 bits per heavy atom. The lowest BCUT2D eigenvalue weighted by atomic mass is 9.94. The first kappa shape index (κ1) is 28.0. The molecule has 0 saturated carbocycles. The van der Waals surface area contributed by atoms with Gasteiger partial charge < -0.3 is 33.9 Å². The molecule has 2 saturated heterocycles. The Hall–Kier alpha value is -3.56. The number of hydrogen-bond donors (Lipinski definition) is 2. The number of unbranched alkanes of at least 4 members (excludes halogenated alkanes) is 1. The summed E-state index contributed by atoms with van der Waals surface area (Å²) in [6.45, 7) is 8.75. The van der Waals surface area contributed by atoms with Gasteiger partial charge in [-0.2, -0.15) is 0 Å². The van der Waals surface area contributed by atoms with Crippen molar-refractivity contribution in [2.45, 2.75) is 45.3 Å². The molecular weight excluding hydrogens is 512 g/mol. The number of ketones is 1. The Morgan fingerprint density at radius 3 is 2.67 bits per heavy atom. The van der Waals surface area contributed by atoms with Crippen LogP contribution < -0.4 is 19.1 Å². The Labute approximate surface area is 235 Å². The first-order valence-corrected chi connectivity index (χ1v) is 14.2. The van der Waals surface area contributed by atoms with Gasteiger partial charge in [0, 0.05) is 12.0 Å². The summed E-state index contributed by atoms with van der Waals surface area (Å²) in [7, 11) is 1.57. The van der Waals surface area contributed by atoms with Gasteiger partial charge >= 0.3 is 0 Å². The van der Waals surface area contributed by atoms with Gasteiger partial charge in [0.15, 0.2) is 11.5 Å². The number of aliphatic hydroxyl groups is 1. The third-order valence-electron chi connectivity index (χ3n) is 7.87. The molecule has 3 aliphatic rings. The summed E-state index contributed by atoms with van der Waals surface area (Å²) < 4.78 is 22.8. The minimum Gasteiger partial charge on any atom is -0.507 e. The Kier molecular flexibility index (Phi) is 8.61. The van der Waals surface area contributed by atoms with E-state index in [0.29, 0.717) is 62.0 Å². The quantitative estimate of drug-likeness (QED) is 0.203. The number of rotatable bonds is 10. The van der Waals surface area contributed by atoms with Crippen LogP contribution >= 0.6 is 0 Å². The number of benzene rings is 2. The van der Waals surface area contributed by atoms with E-state index in [0.717, 1.165) is 37.2 Å². The summed E-state index contributed by atoms with van der Waals surface area (Å²) in [5.41, 5.74) is 2.21. The van der Waals surface area contributed by atoms with Crippen molar-refractivity contribution in [3.05, 3.63) is 58.7 Å². The van der Waals surface area contributed by atoms with Crippen LogP contribution in [-0.2, 0) is 20.7 Å². The normalized spacial score (nSPS) is 22.3. The standard InChI is InChI=1S/C31H38N2O7/c1-4-5-14-39-25-9-6-21(19-26(25)37-3)28-27(29(34)22-7-8-24-23(18-22)17-20(2)40-24)30(35)31(36)33(28)11-10-32-12-15-38-16-13-32/h6-9,18-20,28,34H,4-5,10-17H2,1-3H3/p+1/t20-,28-/m1/s1. The van der Waals surface area contributed by atoms with Gasteiger partial charge in [-0.3, -0.25) is 9.59 Å². The number of hydrogen-bond acceptors (Lipinski definition) is 7. The molecule has 0 aliphatic carbocycles. The van der Waals surface area contributed by atoms with Crippen molar-refractivity contribution in [1.82, 2.24) is 4.90 Å². The van der Waals surface area contributed by atoms with Crippen LogP contribution in [0.5, 0.6) is 17.2 Å². The molecule has 1 amide bonds. The number of aliphatic hydroxyl groups excluding tert-OH is 1. The molecule has 0 radical (unpaired) electrons. The predicted octanol–water partition coefficient (Wildman–Crippen LogP) is 2.53. The van der Waals surface area contributed by atoms with E-state index in [4.69, 9.17) is 18.9 Å². The lowest BCUT2D eigenvalue weighted by Gasteiger charge is -2.29. The topological polar surface area (TPSA) is 99.0 Å². The zero-order chi connectivity index (χ0) is 28.2. The number of fused-ring (bicyclic) bond motifs is 1. The van der Waals surface area contributed by atoms with Crippen LogP contribution in [0.2, 0.25) is 0 Å². The van der Waals surface area contributed by atoms with Crippen molar-refractivity contribution in [3.8, 4) is 17.2 Å². The van der Waals surface area contributed by atoms with Gasteiger partial charge in [0.2, 0.25) is 0 Å². The number of quaternary nitrogens is 1. The Morgan fingerprint density at radius 1 is 1.12 bits per heavy atom. The van der Waals surface area contributed by atoms with Crippen LogP contribution in [0.3, 0.4) is 0 Å². The van der Waals surface area contributed by atoms with Crippen LogP contribution in [0.1, 0.15) is 49.4 Å². The third kappa shape index (κ3) is 5.67. The van der Waals surface area contributed by atoms with Crippen LogP contribution in [0.4, 0.5) is 0 Å². The van der Waals surface area contributed by atoms with Crippen LogP contribution in [0, 0.1) is 0 Å². The van der Waals surface area contributed by atoms with Gasteiger partial charge in [0.1, 0.15) is 30.7 Å². The predicted molar refractivity (Wildman–Crippen MR) is 149 cm³/mol. The molecule has 3 heterocycles.